The Morgan fingerprint density at radius 1 is 1.42 bits per heavy atom. The molecule has 3 rings (SSSR count). The molecule has 2 saturated heterocycles. The van der Waals surface area contributed by atoms with Crippen molar-refractivity contribution in [3.63, 3.8) is 0 Å². The molecule has 2 unspecified atom stereocenters. The topological polar surface area (TPSA) is 36.9 Å². The molecule has 2 fully saturated rings. The number of likely N-dealkylation sites (tertiary alicyclic amines) is 1. The van der Waals surface area contributed by atoms with Gasteiger partial charge in [0, 0.05) is 50.7 Å². The van der Waals surface area contributed by atoms with Gasteiger partial charge in [-0.25, -0.2) is 8.78 Å². The molecule has 2 aliphatic heterocycles. The summed E-state index contributed by atoms with van der Waals surface area (Å²) in [5.74, 6) is -0.280. The van der Waals surface area contributed by atoms with Crippen LogP contribution in [0.4, 0.5) is 8.78 Å². The third-order valence-electron chi connectivity index (χ3n) is 5.19. The summed E-state index contributed by atoms with van der Waals surface area (Å²) < 4.78 is 32.5. The van der Waals surface area contributed by atoms with Crippen molar-refractivity contribution >= 4 is 5.96 Å². The number of halogens is 2. The van der Waals surface area contributed by atoms with E-state index in [1.54, 1.807) is 7.05 Å². The number of nitrogens with zero attached hydrogens (tertiary/aromatic N) is 2. The van der Waals surface area contributed by atoms with E-state index in [2.05, 4.69) is 15.2 Å². The first-order valence-corrected chi connectivity index (χ1v) is 8.51. The maximum absolute atomic E-state index is 13.9. The Morgan fingerprint density at radius 3 is 2.92 bits per heavy atom. The summed E-state index contributed by atoms with van der Waals surface area (Å²) in [5.41, 5.74) is 0.785. The van der Waals surface area contributed by atoms with Crippen LogP contribution in [-0.2, 0) is 4.74 Å². The smallest absolute Gasteiger partial charge is 0.193 e. The van der Waals surface area contributed by atoms with E-state index in [-0.39, 0.29) is 11.3 Å². The minimum Gasteiger partial charge on any atom is -0.381 e. The van der Waals surface area contributed by atoms with Gasteiger partial charge in [-0.3, -0.25) is 4.99 Å². The lowest BCUT2D eigenvalue weighted by atomic mass is 9.87. The van der Waals surface area contributed by atoms with Gasteiger partial charge in [0.15, 0.2) is 5.96 Å². The zero-order valence-electron chi connectivity index (χ0n) is 14.3. The molecule has 0 amide bonds. The number of ether oxygens (including phenoxy) is 1. The van der Waals surface area contributed by atoms with Crippen LogP contribution in [0.25, 0.3) is 0 Å². The van der Waals surface area contributed by atoms with Crippen LogP contribution < -0.4 is 5.32 Å². The van der Waals surface area contributed by atoms with E-state index < -0.39 is 11.6 Å². The quantitative estimate of drug-likeness (QED) is 0.681. The molecule has 2 atom stereocenters. The Hall–Kier alpha value is -1.69. The maximum Gasteiger partial charge on any atom is 0.193 e. The standard InChI is InChI=1S/C18H25F2N3O/c1-13(15-4-3-14(19)9-16(15)20)10-22-17(21-2)23-7-5-18(11-23)6-8-24-12-18/h3-4,9,13H,5-8,10-12H2,1-2H3,(H,21,22). The lowest BCUT2D eigenvalue weighted by Gasteiger charge is -2.26. The van der Waals surface area contributed by atoms with Crippen molar-refractivity contribution in [1.29, 1.82) is 0 Å². The van der Waals surface area contributed by atoms with Crippen molar-refractivity contribution in [2.24, 2.45) is 10.4 Å². The SMILES string of the molecule is CN=C(NCC(C)c1ccc(F)cc1F)N1CCC2(CCOC2)C1. The molecule has 132 valence electrons. The summed E-state index contributed by atoms with van der Waals surface area (Å²) in [7, 11) is 1.77. The second-order valence-electron chi connectivity index (χ2n) is 6.97. The van der Waals surface area contributed by atoms with Gasteiger partial charge < -0.3 is 15.0 Å². The molecular formula is C18H25F2N3O. The highest BCUT2D eigenvalue weighted by atomic mass is 19.1. The molecule has 1 N–H and O–H groups in total. The second kappa shape index (κ2) is 7.05. The van der Waals surface area contributed by atoms with Gasteiger partial charge in [-0.1, -0.05) is 13.0 Å². The van der Waals surface area contributed by atoms with Crippen molar-refractivity contribution in [2.75, 3.05) is 39.9 Å². The Labute approximate surface area is 141 Å². The minimum atomic E-state index is -0.548. The van der Waals surface area contributed by atoms with Crippen molar-refractivity contribution in [2.45, 2.75) is 25.7 Å². The molecule has 0 aliphatic carbocycles. The van der Waals surface area contributed by atoms with Crippen LogP contribution in [0.1, 0.15) is 31.2 Å². The third kappa shape index (κ3) is 3.53. The van der Waals surface area contributed by atoms with Crippen LogP contribution in [0.2, 0.25) is 0 Å². The average molecular weight is 337 g/mol. The molecular weight excluding hydrogens is 312 g/mol. The minimum absolute atomic E-state index is 0.0753. The van der Waals surface area contributed by atoms with E-state index in [0.717, 1.165) is 51.2 Å². The van der Waals surface area contributed by atoms with Crippen molar-refractivity contribution in [3.05, 3.63) is 35.4 Å². The number of aliphatic imine (C=N–C) groups is 1. The van der Waals surface area contributed by atoms with E-state index in [1.807, 2.05) is 6.92 Å². The fourth-order valence-corrected chi connectivity index (χ4v) is 3.68. The molecule has 2 aliphatic rings. The normalized spacial score (nSPS) is 25.5. The summed E-state index contributed by atoms with van der Waals surface area (Å²) in [6, 6.07) is 3.75. The van der Waals surface area contributed by atoms with Gasteiger partial charge in [-0.15, -0.1) is 0 Å². The first kappa shape index (κ1) is 17.1. The molecule has 1 aromatic carbocycles. The highest BCUT2D eigenvalue weighted by Gasteiger charge is 2.42. The molecule has 0 bridgehead atoms. The highest BCUT2D eigenvalue weighted by molar-refractivity contribution is 5.80. The van der Waals surface area contributed by atoms with Crippen LogP contribution in [0, 0.1) is 17.0 Å². The predicted molar refractivity (Wildman–Crippen MR) is 90.2 cm³/mol. The summed E-state index contributed by atoms with van der Waals surface area (Å²) >= 11 is 0. The van der Waals surface area contributed by atoms with Gasteiger partial charge in [-0.05, 0) is 24.5 Å². The second-order valence-corrected chi connectivity index (χ2v) is 6.97. The van der Waals surface area contributed by atoms with Gasteiger partial charge >= 0.3 is 0 Å². The summed E-state index contributed by atoms with van der Waals surface area (Å²) in [6.07, 6.45) is 2.23. The Balaban J connectivity index is 1.58. The van der Waals surface area contributed by atoms with Crippen molar-refractivity contribution in [3.8, 4) is 0 Å². The third-order valence-corrected chi connectivity index (χ3v) is 5.19. The van der Waals surface area contributed by atoms with E-state index in [1.165, 1.54) is 12.1 Å². The summed E-state index contributed by atoms with van der Waals surface area (Å²) in [4.78, 5) is 6.62. The number of hydrogen-bond donors (Lipinski definition) is 1. The number of hydrogen-bond acceptors (Lipinski definition) is 2. The number of rotatable bonds is 3. The molecule has 0 saturated carbocycles. The van der Waals surface area contributed by atoms with E-state index >= 15 is 0 Å². The van der Waals surface area contributed by atoms with Crippen LogP contribution in [0.15, 0.2) is 23.2 Å². The average Bonchev–Trinajstić information content (AvgIpc) is 3.18. The number of guanidine groups is 1. The first-order chi connectivity index (χ1) is 11.5. The monoisotopic (exact) mass is 337 g/mol. The predicted octanol–water partition coefficient (Wildman–Crippen LogP) is 2.76. The van der Waals surface area contributed by atoms with Gasteiger partial charge in [0.1, 0.15) is 11.6 Å². The molecule has 4 nitrogen and oxygen atoms in total. The van der Waals surface area contributed by atoms with Crippen molar-refractivity contribution < 1.29 is 13.5 Å². The summed E-state index contributed by atoms with van der Waals surface area (Å²) in [6.45, 7) is 6.06. The fraction of sp³-hybridized carbons (Fsp3) is 0.611. The molecule has 1 spiro atoms. The van der Waals surface area contributed by atoms with Gasteiger partial charge in [0.25, 0.3) is 0 Å². The van der Waals surface area contributed by atoms with Crippen LogP contribution in [0.5, 0.6) is 0 Å². The highest BCUT2D eigenvalue weighted by Crippen LogP contribution is 2.38. The van der Waals surface area contributed by atoms with E-state index in [9.17, 15) is 8.78 Å². The van der Waals surface area contributed by atoms with E-state index in [0.29, 0.717) is 12.1 Å². The number of nitrogens with one attached hydrogen (secondary N) is 1. The molecule has 0 aromatic heterocycles. The maximum atomic E-state index is 13.9. The molecule has 24 heavy (non-hydrogen) atoms. The van der Waals surface area contributed by atoms with E-state index in [4.69, 9.17) is 4.74 Å². The Kier molecular flexibility index (Phi) is 5.04. The zero-order valence-corrected chi connectivity index (χ0v) is 14.3. The number of benzene rings is 1. The first-order valence-electron chi connectivity index (χ1n) is 8.51. The molecule has 6 heteroatoms. The lowest BCUT2D eigenvalue weighted by Crippen LogP contribution is -2.42. The molecule has 1 aromatic rings. The largest absolute Gasteiger partial charge is 0.381 e. The van der Waals surface area contributed by atoms with Gasteiger partial charge in [0.05, 0.1) is 6.61 Å². The van der Waals surface area contributed by atoms with Crippen LogP contribution in [0.3, 0.4) is 0 Å². The molecule has 2 heterocycles. The van der Waals surface area contributed by atoms with Crippen molar-refractivity contribution in [1.82, 2.24) is 10.2 Å². The van der Waals surface area contributed by atoms with Crippen LogP contribution in [-0.4, -0.2) is 50.8 Å². The van der Waals surface area contributed by atoms with Gasteiger partial charge in [0.2, 0.25) is 0 Å². The molecule has 0 radical (unpaired) electrons. The lowest BCUT2D eigenvalue weighted by molar-refractivity contribution is 0.156. The van der Waals surface area contributed by atoms with Crippen LogP contribution >= 0.6 is 0 Å². The fourth-order valence-electron chi connectivity index (χ4n) is 3.68. The zero-order chi connectivity index (χ0) is 17.2. The Bertz CT molecular complexity index is 614. The Morgan fingerprint density at radius 2 is 2.25 bits per heavy atom. The van der Waals surface area contributed by atoms with Gasteiger partial charge in [-0.2, -0.15) is 0 Å². The summed E-state index contributed by atoms with van der Waals surface area (Å²) in [5, 5.41) is 3.33.